The van der Waals surface area contributed by atoms with Crippen molar-refractivity contribution >= 4 is 24.2 Å². The molecule has 25 heavy (non-hydrogen) atoms. The van der Waals surface area contributed by atoms with Crippen LogP contribution in [0.2, 0.25) is 0 Å². The Morgan fingerprint density at radius 3 is 2.24 bits per heavy atom. The van der Waals surface area contributed by atoms with Crippen molar-refractivity contribution in [3.8, 4) is 0 Å². The van der Waals surface area contributed by atoms with Gasteiger partial charge in [0.1, 0.15) is 11.9 Å². The number of benzene rings is 1. The fourth-order valence-corrected chi connectivity index (χ4v) is 2.35. The van der Waals surface area contributed by atoms with Crippen molar-refractivity contribution in [2.24, 2.45) is 11.7 Å². The normalized spacial score (nSPS) is 12.9. The third-order valence-corrected chi connectivity index (χ3v) is 3.88. The standard InChI is InChI=1S/C18H28FN3O2.ClH/c1-4-5-6-15(11-20)21-18(24)16(12(2)3)22-17(23)13-7-9-14(19)10-8-13;/h7-10,12,15-16H,4-6,11,20H2,1-3H3,(H,21,24)(H,22,23);1H. The Hall–Kier alpha value is -1.66. The van der Waals surface area contributed by atoms with Gasteiger partial charge in [0.05, 0.1) is 0 Å². The summed E-state index contributed by atoms with van der Waals surface area (Å²) in [7, 11) is 0. The van der Waals surface area contributed by atoms with E-state index in [2.05, 4.69) is 17.6 Å². The first-order chi connectivity index (χ1) is 11.4. The molecule has 1 rings (SSSR count). The van der Waals surface area contributed by atoms with Gasteiger partial charge in [-0.15, -0.1) is 12.4 Å². The Labute approximate surface area is 155 Å². The molecule has 4 N–H and O–H groups in total. The highest BCUT2D eigenvalue weighted by molar-refractivity contribution is 5.97. The van der Waals surface area contributed by atoms with Gasteiger partial charge in [0.15, 0.2) is 0 Å². The van der Waals surface area contributed by atoms with E-state index in [1.807, 2.05) is 13.8 Å². The van der Waals surface area contributed by atoms with Gasteiger partial charge in [-0.1, -0.05) is 33.6 Å². The molecule has 0 aliphatic rings. The van der Waals surface area contributed by atoms with Crippen molar-refractivity contribution < 1.29 is 14.0 Å². The summed E-state index contributed by atoms with van der Waals surface area (Å²) in [5.74, 6) is -1.14. The molecule has 2 atom stereocenters. The first kappa shape index (κ1) is 23.3. The Morgan fingerprint density at radius 1 is 1.16 bits per heavy atom. The molecule has 0 saturated heterocycles. The molecule has 0 saturated carbocycles. The molecule has 142 valence electrons. The summed E-state index contributed by atoms with van der Waals surface area (Å²) in [6.45, 7) is 6.16. The number of amides is 2. The van der Waals surface area contributed by atoms with Crippen LogP contribution in [0.15, 0.2) is 24.3 Å². The van der Waals surface area contributed by atoms with Crippen molar-refractivity contribution in [1.29, 1.82) is 0 Å². The van der Waals surface area contributed by atoms with Crippen LogP contribution < -0.4 is 16.4 Å². The van der Waals surface area contributed by atoms with Gasteiger partial charge in [0.25, 0.3) is 5.91 Å². The molecule has 0 spiro atoms. The predicted octanol–water partition coefficient (Wildman–Crippen LogP) is 2.64. The summed E-state index contributed by atoms with van der Waals surface area (Å²) >= 11 is 0. The molecule has 0 bridgehead atoms. The smallest absolute Gasteiger partial charge is 0.251 e. The van der Waals surface area contributed by atoms with Crippen LogP contribution in [0.3, 0.4) is 0 Å². The monoisotopic (exact) mass is 373 g/mol. The minimum atomic E-state index is -0.668. The summed E-state index contributed by atoms with van der Waals surface area (Å²) in [6, 6.07) is 4.45. The SMILES string of the molecule is CCCCC(CN)NC(=O)C(NC(=O)c1ccc(F)cc1)C(C)C.Cl. The average Bonchev–Trinajstić information content (AvgIpc) is 2.56. The van der Waals surface area contributed by atoms with Gasteiger partial charge in [0.2, 0.25) is 5.91 Å². The molecule has 0 aliphatic carbocycles. The fourth-order valence-electron chi connectivity index (χ4n) is 2.35. The number of hydrogen-bond acceptors (Lipinski definition) is 3. The number of carbonyl (C=O) groups excluding carboxylic acids is 2. The third-order valence-electron chi connectivity index (χ3n) is 3.88. The van der Waals surface area contributed by atoms with Gasteiger partial charge >= 0.3 is 0 Å². The van der Waals surface area contributed by atoms with E-state index in [1.54, 1.807) is 0 Å². The molecular formula is C18H29ClFN3O2. The number of carbonyl (C=O) groups is 2. The Balaban J connectivity index is 0.00000576. The summed E-state index contributed by atoms with van der Waals surface area (Å²) in [5, 5.41) is 5.63. The molecule has 0 heterocycles. The zero-order valence-corrected chi connectivity index (χ0v) is 15.9. The highest BCUT2D eigenvalue weighted by Crippen LogP contribution is 2.08. The zero-order valence-electron chi connectivity index (χ0n) is 15.0. The Kier molecular flexibility index (Phi) is 11.0. The minimum Gasteiger partial charge on any atom is -0.350 e. The lowest BCUT2D eigenvalue weighted by Gasteiger charge is -2.25. The first-order valence-corrected chi connectivity index (χ1v) is 8.45. The maximum atomic E-state index is 12.9. The summed E-state index contributed by atoms with van der Waals surface area (Å²) < 4.78 is 12.9. The van der Waals surface area contributed by atoms with Crippen LogP contribution in [0.5, 0.6) is 0 Å². The molecule has 1 aromatic rings. The number of hydrogen-bond donors (Lipinski definition) is 3. The van der Waals surface area contributed by atoms with E-state index < -0.39 is 17.8 Å². The van der Waals surface area contributed by atoms with Crippen LogP contribution in [-0.4, -0.2) is 30.4 Å². The zero-order chi connectivity index (χ0) is 18.1. The lowest BCUT2D eigenvalue weighted by Crippen LogP contribution is -2.53. The van der Waals surface area contributed by atoms with Gasteiger partial charge in [-0.05, 0) is 36.6 Å². The molecule has 2 amide bonds. The number of nitrogens with two attached hydrogens (primary N) is 1. The van der Waals surface area contributed by atoms with Crippen LogP contribution in [0.25, 0.3) is 0 Å². The van der Waals surface area contributed by atoms with E-state index in [4.69, 9.17) is 5.73 Å². The van der Waals surface area contributed by atoms with E-state index in [0.717, 1.165) is 19.3 Å². The quantitative estimate of drug-likeness (QED) is 0.622. The molecule has 0 aromatic heterocycles. The maximum absolute atomic E-state index is 12.9. The highest BCUT2D eigenvalue weighted by atomic mass is 35.5. The van der Waals surface area contributed by atoms with E-state index in [-0.39, 0.29) is 30.3 Å². The largest absolute Gasteiger partial charge is 0.350 e. The number of nitrogens with one attached hydrogen (secondary N) is 2. The second kappa shape index (κ2) is 11.8. The molecule has 0 aliphatic heterocycles. The van der Waals surface area contributed by atoms with Crippen LogP contribution in [0.1, 0.15) is 50.4 Å². The average molecular weight is 374 g/mol. The van der Waals surface area contributed by atoms with Crippen molar-refractivity contribution in [1.82, 2.24) is 10.6 Å². The molecule has 7 heteroatoms. The first-order valence-electron chi connectivity index (χ1n) is 8.45. The second-order valence-corrected chi connectivity index (χ2v) is 6.29. The summed E-state index contributed by atoms with van der Waals surface area (Å²) in [6.07, 6.45) is 2.83. The lowest BCUT2D eigenvalue weighted by molar-refractivity contribution is -0.124. The van der Waals surface area contributed by atoms with E-state index in [0.29, 0.717) is 12.1 Å². The predicted molar refractivity (Wildman–Crippen MR) is 100 cm³/mol. The van der Waals surface area contributed by atoms with Gasteiger partial charge in [-0.2, -0.15) is 0 Å². The van der Waals surface area contributed by atoms with Crippen molar-refractivity contribution in [2.75, 3.05) is 6.54 Å². The molecule has 5 nitrogen and oxygen atoms in total. The minimum absolute atomic E-state index is 0. The van der Waals surface area contributed by atoms with Crippen LogP contribution in [0, 0.1) is 11.7 Å². The van der Waals surface area contributed by atoms with Crippen LogP contribution >= 0.6 is 12.4 Å². The summed E-state index contributed by atoms with van der Waals surface area (Å²) in [4.78, 5) is 24.8. The molecular weight excluding hydrogens is 345 g/mol. The molecule has 0 fully saturated rings. The molecule has 0 radical (unpaired) electrons. The fraction of sp³-hybridized carbons (Fsp3) is 0.556. The summed E-state index contributed by atoms with van der Waals surface area (Å²) in [5.41, 5.74) is 6.02. The van der Waals surface area contributed by atoms with Crippen LogP contribution in [-0.2, 0) is 4.79 Å². The number of halogens is 2. The number of unbranched alkanes of at least 4 members (excludes halogenated alkanes) is 1. The maximum Gasteiger partial charge on any atom is 0.251 e. The second-order valence-electron chi connectivity index (χ2n) is 6.29. The molecule has 1 aromatic carbocycles. The van der Waals surface area contributed by atoms with Crippen molar-refractivity contribution in [2.45, 2.75) is 52.1 Å². The highest BCUT2D eigenvalue weighted by Gasteiger charge is 2.26. The van der Waals surface area contributed by atoms with Gasteiger partial charge in [-0.3, -0.25) is 9.59 Å². The number of rotatable bonds is 9. The van der Waals surface area contributed by atoms with Gasteiger partial charge < -0.3 is 16.4 Å². The van der Waals surface area contributed by atoms with E-state index in [9.17, 15) is 14.0 Å². The Morgan fingerprint density at radius 2 is 1.76 bits per heavy atom. The lowest BCUT2D eigenvalue weighted by atomic mass is 10.0. The van der Waals surface area contributed by atoms with Crippen molar-refractivity contribution in [3.63, 3.8) is 0 Å². The molecule has 2 unspecified atom stereocenters. The third kappa shape index (κ3) is 7.84. The topological polar surface area (TPSA) is 84.2 Å². The Bertz CT molecular complexity index is 538. The van der Waals surface area contributed by atoms with Crippen LogP contribution in [0.4, 0.5) is 4.39 Å². The van der Waals surface area contributed by atoms with Gasteiger partial charge in [-0.25, -0.2) is 4.39 Å². The van der Waals surface area contributed by atoms with E-state index >= 15 is 0 Å². The van der Waals surface area contributed by atoms with E-state index in [1.165, 1.54) is 24.3 Å². The van der Waals surface area contributed by atoms with Crippen molar-refractivity contribution in [3.05, 3.63) is 35.6 Å². The van der Waals surface area contributed by atoms with Gasteiger partial charge in [0, 0.05) is 18.2 Å².